The molecule has 1 aromatic carbocycles. The normalized spacial score (nSPS) is 17.2. The molecule has 1 aliphatic rings. The predicted octanol–water partition coefficient (Wildman–Crippen LogP) is 5.66. The Balaban J connectivity index is 1.83. The first-order chi connectivity index (χ1) is 12.5. The summed E-state index contributed by atoms with van der Waals surface area (Å²) in [6, 6.07) is 5.68. The summed E-state index contributed by atoms with van der Waals surface area (Å²) < 4.78 is 6.84. The van der Waals surface area contributed by atoms with Crippen LogP contribution < -0.4 is 4.74 Å². The van der Waals surface area contributed by atoms with Crippen LogP contribution in [0.25, 0.3) is 0 Å². The van der Waals surface area contributed by atoms with E-state index in [1.165, 1.54) is 22.6 Å². The summed E-state index contributed by atoms with van der Waals surface area (Å²) in [5, 5.41) is 10.5. The fourth-order valence-corrected chi connectivity index (χ4v) is 4.92. The van der Waals surface area contributed by atoms with E-state index >= 15 is 0 Å². The second-order valence-corrected chi connectivity index (χ2v) is 10.4. The molecule has 6 heteroatoms. The molecule has 0 atom stereocenters. The van der Waals surface area contributed by atoms with E-state index in [0.29, 0.717) is 10.6 Å². The van der Waals surface area contributed by atoms with Gasteiger partial charge >= 0.3 is 5.97 Å². The maximum absolute atomic E-state index is 12.4. The first kappa shape index (κ1) is 20.3. The smallest absolute Gasteiger partial charge is 0.336 e. The van der Waals surface area contributed by atoms with Gasteiger partial charge in [0.15, 0.2) is 6.61 Å². The first-order valence-corrected chi connectivity index (χ1v) is 10.8. The highest BCUT2D eigenvalue weighted by molar-refractivity contribution is 14.1. The van der Waals surface area contributed by atoms with Crippen LogP contribution in [0.15, 0.2) is 23.6 Å². The van der Waals surface area contributed by atoms with Crippen molar-refractivity contribution < 1.29 is 19.4 Å². The van der Waals surface area contributed by atoms with E-state index < -0.39 is 5.97 Å². The summed E-state index contributed by atoms with van der Waals surface area (Å²) >= 11 is 3.39. The quantitative estimate of drug-likeness (QED) is 0.427. The Morgan fingerprint density at radius 2 is 1.70 bits per heavy atom. The molecule has 0 fully saturated rings. The number of rotatable bonds is 5. The molecule has 0 saturated carbocycles. The number of carboxylic acids is 1. The molecular weight excluding hydrogens is 475 g/mol. The molecule has 1 aromatic heterocycles. The number of halogens is 1. The molecule has 3 rings (SSSR count). The molecule has 0 spiro atoms. The lowest BCUT2D eigenvalue weighted by molar-refractivity contribution is 0.0697. The molecule has 0 aliphatic heterocycles. The van der Waals surface area contributed by atoms with E-state index in [1.54, 1.807) is 0 Å². The first-order valence-electron chi connectivity index (χ1n) is 8.83. The number of hydrogen-bond donors (Lipinski definition) is 1. The lowest BCUT2D eigenvalue weighted by atomic mass is 9.63. The van der Waals surface area contributed by atoms with E-state index in [0.717, 1.165) is 27.7 Å². The molecule has 0 saturated heterocycles. The van der Waals surface area contributed by atoms with Gasteiger partial charge in [-0.1, -0.05) is 27.7 Å². The van der Waals surface area contributed by atoms with Gasteiger partial charge in [-0.05, 0) is 75.6 Å². The summed E-state index contributed by atoms with van der Waals surface area (Å²) in [6.07, 6.45) is 2.26. The number of fused-ring (bicyclic) bond motifs is 1. The third-order valence-corrected chi connectivity index (χ3v) is 7.20. The Hall–Kier alpha value is -1.41. The summed E-state index contributed by atoms with van der Waals surface area (Å²) in [5.74, 6) is -0.524. The molecule has 1 aliphatic carbocycles. The van der Waals surface area contributed by atoms with E-state index in [1.807, 2.05) is 0 Å². The number of carboxylic acid groups (broad SMARTS) is 1. The minimum Gasteiger partial charge on any atom is -0.484 e. The van der Waals surface area contributed by atoms with E-state index in [9.17, 15) is 9.59 Å². The molecular formula is C21H23IO4S. The fourth-order valence-electron chi connectivity index (χ4n) is 3.49. The average molecular weight is 498 g/mol. The van der Waals surface area contributed by atoms with Gasteiger partial charge < -0.3 is 9.84 Å². The van der Waals surface area contributed by atoms with Crippen LogP contribution in [0.4, 0.5) is 0 Å². The molecule has 27 heavy (non-hydrogen) atoms. The molecule has 144 valence electrons. The van der Waals surface area contributed by atoms with Gasteiger partial charge in [0.05, 0.1) is 14.0 Å². The number of ketones is 1. The van der Waals surface area contributed by atoms with E-state index in [-0.39, 0.29) is 28.8 Å². The highest BCUT2D eigenvalue weighted by Crippen LogP contribution is 2.47. The maximum Gasteiger partial charge on any atom is 0.336 e. The highest BCUT2D eigenvalue weighted by Gasteiger charge is 2.37. The second kappa shape index (κ2) is 7.20. The molecule has 0 radical (unpaired) electrons. The monoisotopic (exact) mass is 498 g/mol. The van der Waals surface area contributed by atoms with Crippen LogP contribution in [-0.2, 0) is 10.8 Å². The van der Waals surface area contributed by atoms with Gasteiger partial charge in [0.1, 0.15) is 5.75 Å². The number of carbonyl (C=O) groups excluding carboxylic acids is 1. The highest BCUT2D eigenvalue weighted by atomic mass is 127. The largest absolute Gasteiger partial charge is 0.484 e. The van der Waals surface area contributed by atoms with Crippen molar-refractivity contribution in [1.82, 2.24) is 0 Å². The SMILES string of the molecule is CC1(C)CCC(C)(C)c2cc(OCC(=O)c3cc(C(=O)O)cs3)c(I)cc21. The second-order valence-electron chi connectivity index (χ2n) is 8.31. The molecule has 1 N–H and O–H groups in total. The van der Waals surface area contributed by atoms with Crippen molar-refractivity contribution in [3.8, 4) is 5.75 Å². The molecule has 0 unspecified atom stereocenters. The molecule has 0 amide bonds. The lowest BCUT2D eigenvalue weighted by Gasteiger charge is -2.42. The van der Waals surface area contributed by atoms with Crippen molar-refractivity contribution in [3.63, 3.8) is 0 Å². The number of Topliss-reactive ketones (excluding diaryl/α,β-unsaturated/α-hetero) is 1. The zero-order valence-electron chi connectivity index (χ0n) is 15.9. The maximum atomic E-state index is 12.4. The van der Waals surface area contributed by atoms with Crippen LogP contribution in [-0.4, -0.2) is 23.5 Å². The molecule has 0 bridgehead atoms. The molecule has 1 heterocycles. The van der Waals surface area contributed by atoms with Crippen LogP contribution in [0.1, 0.15) is 71.7 Å². The fraction of sp³-hybridized carbons (Fsp3) is 0.429. The van der Waals surface area contributed by atoms with Gasteiger partial charge in [-0.25, -0.2) is 4.79 Å². The minimum atomic E-state index is -1.03. The minimum absolute atomic E-state index is 0.0709. The molecule has 4 nitrogen and oxygen atoms in total. The topological polar surface area (TPSA) is 63.6 Å². The molecule has 2 aromatic rings. The summed E-state index contributed by atoms with van der Waals surface area (Å²) in [7, 11) is 0. The Morgan fingerprint density at radius 1 is 1.11 bits per heavy atom. The van der Waals surface area contributed by atoms with Crippen LogP contribution in [0.5, 0.6) is 5.75 Å². The van der Waals surface area contributed by atoms with E-state index in [4.69, 9.17) is 9.84 Å². The van der Waals surface area contributed by atoms with Crippen LogP contribution in [0.3, 0.4) is 0 Å². The standard InChI is InChI=1S/C21H23IO4S/c1-20(2)5-6-21(3,4)14-9-17(15(22)8-13(14)20)26-10-16(23)18-7-12(11-27-18)19(24)25/h7-9,11H,5-6,10H2,1-4H3,(H,24,25). The zero-order valence-corrected chi connectivity index (χ0v) is 18.9. The lowest BCUT2D eigenvalue weighted by Crippen LogP contribution is -2.34. The third-order valence-electron chi connectivity index (χ3n) is 5.39. The van der Waals surface area contributed by atoms with Crippen molar-refractivity contribution >= 4 is 45.7 Å². The van der Waals surface area contributed by atoms with Crippen LogP contribution in [0.2, 0.25) is 0 Å². The van der Waals surface area contributed by atoms with E-state index in [2.05, 4.69) is 62.4 Å². The van der Waals surface area contributed by atoms with Crippen molar-refractivity contribution in [2.45, 2.75) is 51.4 Å². The van der Waals surface area contributed by atoms with Gasteiger partial charge in [-0.2, -0.15) is 0 Å². The predicted molar refractivity (Wildman–Crippen MR) is 116 cm³/mol. The number of aromatic carboxylic acids is 1. The number of carbonyl (C=O) groups is 2. The number of ether oxygens (including phenoxy) is 1. The van der Waals surface area contributed by atoms with Crippen LogP contribution in [0, 0.1) is 3.57 Å². The van der Waals surface area contributed by atoms with Gasteiger partial charge in [0.25, 0.3) is 0 Å². The summed E-state index contributed by atoms with van der Waals surface area (Å²) in [5.41, 5.74) is 2.97. The zero-order chi connectivity index (χ0) is 20.0. The van der Waals surface area contributed by atoms with Gasteiger partial charge in [-0.15, -0.1) is 11.3 Å². The van der Waals surface area contributed by atoms with Crippen molar-refractivity contribution in [2.75, 3.05) is 6.61 Å². The number of hydrogen-bond acceptors (Lipinski definition) is 4. The van der Waals surface area contributed by atoms with Crippen molar-refractivity contribution in [2.24, 2.45) is 0 Å². The van der Waals surface area contributed by atoms with Crippen molar-refractivity contribution in [1.29, 1.82) is 0 Å². The average Bonchev–Trinajstić information content (AvgIpc) is 3.08. The number of benzene rings is 1. The Labute approximate surface area is 177 Å². The van der Waals surface area contributed by atoms with Crippen LogP contribution >= 0.6 is 33.9 Å². The van der Waals surface area contributed by atoms with Gasteiger partial charge in [0, 0.05) is 5.38 Å². The van der Waals surface area contributed by atoms with Crippen molar-refractivity contribution in [3.05, 3.63) is 48.7 Å². The number of thiophene rings is 1. The summed E-state index contributed by atoms with van der Waals surface area (Å²) in [4.78, 5) is 23.8. The third kappa shape index (κ3) is 4.06. The van der Waals surface area contributed by atoms with Gasteiger partial charge in [0.2, 0.25) is 5.78 Å². The Bertz CT molecular complexity index is 911. The Kier molecular flexibility index (Phi) is 5.42. The summed E-state index contributed by atoms with van der Waals surface area (Å²) in [6.45, 7) is 8.96. The van der Waals surface area contributed by atoms with Gasteiger partial charge in [-0.3, -0.25) is 4.79 Å². The Morgan fingerprint density at radius 3 is 2.26 bits per heavy atom.